The molecule has 15 heavy (non-hydrogen) atoms. The molecule has 1 aromatic carbocycles. The van der Waals surface area contributed by atoms with Crippen LogP contribution >= 0.6 is 0 Å². The molecular weight excluding hydrogens is 192 g/mol. The molecule has 3 nitrogen and oxygen atoms in total. The summed E-state index contributed by atoms with van der Waals surface area (Å²) >= 11 is 0. The highest BCUT2D eigenvalue weighted by Crippen LogP contribution is 2.17. The third kappa shape index (κ3) is 3.13. The molecule has 0 unspecified atom stereocenters. The number of carbonyl (C=O) groups is 1. The van der Waals surface area contributed by atoms with Crippen molar-refractivity contribution in [3.8, 4) is 5.75 Å². The Bertz CT molecular complexity index is 380. The van der Waals surface area contributed by atoms with E-state index in [4.69, 9.17) is 9.47 Å². The van der Waals surface area contributed by atoms with Crippen LogP contribution in [-0.2, 0) is 9.53 Å². The Morgan fingerprint density at radius 1 is 1.33 bits per heavy atom. The fourth-order valence-corrected chi connectivity index (χ4v) is 1.08. The van der Waals surface area contributed by atoms with Gasteiger partial charge in [-0.15, -0.1) is 0 Å². The molecule has 0 heterocycles. The Kier molecular flexibility index (Phi) is 3.92. The van der Waals surface area contributed by atoms with Gasteiger partial charge < -0.3 is 9.47 Å². The molecule has 0 aromatic heterocycles. The number of aryl methyl sites for hydroxylation is 1. The minimum Gasteiger partial charge on any atom is -0.504 e. The Morgan fingerprint density at radius 2 is 2.00 bits per heavy atom. The van der Waals surface area contributed by atoms with E-state index in [9.17, 15) is 4.79 Å². The first-order valence-electron chi connectivity index (χ1n) is 4.62. The number of esters is 1. The van der Waals surface area contributed by atoms with Crippen LogP contribution in [-0.4, -0.2) is 13.1 Å². The number of rotatable bonds is 3. The van der Waals surface area contributed by atoms with E-state index in [-0.39, 0.29) is 0 Å². The lowest BCUT2D eigenvalue weighted by molar-refractivity contribution is -0.130. The molecule has 0 bridgehead atoms. The quantitative estimate of drug-likeness (QED) is 0.330. The van der Waals surface area contributed by atoms with Gasteiger partial charge in [0.05, 0.1) is 18.9 Å². The van der Waals surface area contributed by atoms with Crippen LogP contribution in [0.1, 0.15) is 12.5 Å². The maximum absolute atomic E-state index is 11.5. The van der Waals surface area contributed by atoms with Crippen molar-refractivity contribution in [2.45, 2.75) is 13.8 Å². The smallest absolute Gasteiger partial charge is 0.342 e. The van der Waals surface area contributed by atoms with E-state index < -0.39 is 5.97 Å². The van der Waals surface area contributed by atoms with Gasteiger partial charge in [0.15, 0.2) is 0 Å². The van der Waals surface area contributed by atoms with Gasteiger partial charge in [-0.05, 0) is 25.5 Å². The second kappa shape index (κ2) is 5.20. The lowest BCUT2D eigenvalue weighted by atomic mass is 10.2. The molecule has 3 heteroatoms. The van der Waals surface area contributed by atoms with Gasteiger partial charge in [-0.1, -0.05) is 18.2 Å². The average Bonchev–Trinajstić information content (AvgIpc) is 2.21. The van der Waals surface area contributed by atoms with E-state index in [0.717, 1.165) is 5.56 Å². The van der Waals surface area contributed by atoms with Gasteiger partial charge in [-0.25, -0.2) is 4.79 Å². The van der Waals surface area contributed by atoms with E-state index in [2.05, 4.69) is 0 Å². The summed E-state index contributed by atoms with van der Waals surface area (Å²) < 4.78 is 9.90. The van der Waals surface area contributed by atoms with Crippen molar-refractivity contribution in [2.75, 3.05) is 7.11 Å². The fraction of sp³-hybridized carbons (Fsp3) is 0.250. The normalized spacial score (nSPS) is 11.0. The second-order valence-electron chi connectivity index (χ2n) is 3.19. The maximum atomic E-state index is 11.5. The minimum absolute atomic E-state index is 0.397. The standard InChI is InChI=1S/C12H14O3/c1-9-6-4-5-7-11(9)15-12(13)10(2)8-14-3/h4-8H,1-3H3/b10-8+. The van der Waals surface area contributed by atoms with Crippen LogP contribution in [0.15, 0.2) is 36.1 Å². The molecule has 0 saturated carbocycles. The van der Waals surface area contributed by atoms with Crippen molar-refractivity contribution in [3.05, 3.63) is 41.7 Å². The first-order valence-corrected chi connectivity index (χ1v) is 4.62. The fourth-order valence-electron chi connectivity index (χ4n) is 1.08. The lowest BCUT2D eigenvalue weighted by Crippen LogP contribution is -2.10. The number of benzene rings is 1. The number of hydrogen-bond acceptors (Lipinski definition) is 3. The van der Waals surface area contributed by atoms with Gasteiger partial charge in [0, 0.05) is 0 Å². The average molecular weight is 206 g/mol. The summed E-state index contributed by atoms with van der Waals surface area (Å²) in [4.78, 5) is 11.5. The molecule has 1 rings (SSSR count). The molecule has 0 fully saturated rings. The molecule has 1 aromatic rings. The summed E-state index contributed by atoms with van der Waals surface area (Å²) in [5.41, 5.74) is 1.36. The van der Waals surface area contributed by atoms with Crippen LogP contribution in [0.3, 0.4) is 0 Å². The zero-order valence-corrected chi connectivity index (χ0v) is 9.11. The van der Waals surface area contributed by atoms with Crippen LogP contribution in [0.2, 0.25) is 0 Å². The third-order valence-corrected chi connectivity index (χ3v) is 1.91. The summed E-state index contributed by atoms with van der Waals surface area (Å²) in [5, 5.41) is 0. The van der Waals surface area contributed by atoms with Gasteiger partial charge in [0.25, 0.3) is 0 Å². The minimum atomic E-state index is -0.397. The van der Waals surface area contributed by atoms with E-state index in [0.29, 0.717) is 11.3 Å². The molecular formula is C12H14O3. The van der Waals surface area contributed by atoms with Gasteiger partial charge in [-0.3, -0.25) is 0 Å². The van der Waals surface area contributed by atoms with Crippen LogP contribution in [0, 0.1) is 6.92 Å². The number of hydrogen-bond donors (Lipinski definition) is 0. The van der Waals surface area contributed by atoms with Crippen molar-refractivity contribution < 1.29 is 14.3 Å². The van der Waals surface area contributed by atoms with Crippen molar-refractivity contribution >= 4 is 5.97 Å². The van der Waals surface area contributed by atoms with Crippen molar-refractivity contribution in [3.63, 3.8) is 0 Å². The first kappa shape index (κ1) is 11.3. The topological polar surface area (TPSA) is 35.5 Å². The SMILES string of the molecule is CO/C=C(\C)C(=O)Oc1ccccc1C. The third-order valence-electron chi connectivity index (χ3n) is 1.91. The van der Waals surface area contributed by atoms with Crippen LogP contribution in [0.4, 0.5) is 0 Å². The molecule has 80 valence electrons. The molecule has 0 saturated heterocycles. The van der Waals surface area contributed by atoms with Crippen LogP contribution < -0.4 is 4.74 Å². The summed E-state index contributed by atoms with van der Waals surface area (Å²) in [6, 6.07) is 7.36. The van der Waals surface area contributed by atoms with Crippen molar-refractivity contribution in [1.82, 2.24) is 0 Å². The first-order chi connectivity index (χ1) is 7.15. The highest BCUT2D eigenvalue weighted by Gasteiger charge is 2.08. The predicted octanol–water partition coefficient (Wildman–Crippen LogP) is 2.45. The van der Waals surface area contributed by atoms with Crippen LogP contribution in [0.25, 0.3) is 0 Å². The number of methoxy groups -OCH3 is 1. The van der Waals surface area contributed by atoms with E-state index in [1.807, 2.05) is 25.1 Å². The Labute approximate surface area is 89.3 Å². The lowest BCUT2D eigenvalue weighted by Gasteiger charge is -2.06. The van der Waals surface area contributed by atoms with Gasteiger partial charge in [0.1, 0.15) is 5.75 Å². The van der Waals surface area contributed by atoms with Crippen molar-refractivity contribution in [1.29, 1.82) is 0 Å². The van der Waals surface area contributed by atoms with E-state index in [1.165, 1.54) is 13.4 Å². The molecule has 0 aliphatic carbocycles. The van der Waals surface area contributed by atoms with Gasteiger partial charge >= 0.3 is 5.97 Å². The van der Waals surface area contributed by atoms with E-state index >= 15 is 0 Å². The van der Waals surface area contributed by atoms with Gasteiger partial charge in [-0.2, -0.15) is 0 Å². The van der Waals surface area contributed by atoms with Crippen LogP contribution in [0.5, 0.6) is 5.75 Å². The molecule has 0 aliphatic heterocycles. The summed E-state index contributed by atoms with van der Waals surface area (Å²) in [7, 11) is 1.49. The summed E-state index contributed by atoms with van der Waals surface area (Å²) in [6.07, 6.45) is 1.36. The predicted molar refractivity (Wildman–Crippen MR) is 57.6 cm³/mol. The maximum Gasteiger partial charge on any atom is 0.342 e. The molecule has 0 spiro atoms. The van der Waals surface area contributed by atoms with E-state index in [1.54, 1.807) is 13.0 Å². The summed E-state index contributed by atoms with van der Waals surface area (Å²) in [6.45, 7) is 3.53. The molecule has 0 amide bonds. The largest absolute Gasteiger partial charge is 0.504 e. The molecule has 0 aliphatic rings. The summed E-state index contributed by atoms with van der Waals surface area (Å²) in [5.74, 6) is 0.178. The molecule has 0 atom stereocenters. The monoisotopic (exact) mass is 206 g/mol. The van der Waals surface area contributed by atoms with Gasteiger partial charge in [0.2, 0.25) is 0 Å². The molecule has 0 radical (unpaired) electrons. The zero-order valence-electron chi connectivity index (χ0n) is 9.11. The molecule has 0 N–H and O–H groups in total. The number of carbonyl (C=O) groups excluding carboxylic acids is 1. The second-order valence-corrected chi connectivity index (χ2v) is 3.19. The number of para-hydroxylation sites is 1. The Morgan fingerprint density at radius 3 is 2.60 bits per heavy atom. The highest BCUT2D eigenvalue weighted by molar-refractivity contribution is 5.89. The zero-order chi connectivity index (χ0) is 11.3. The Hall–Kier alpha value is -1.77. The number of ether oxygens (including phenoxy) is 2. The Balaban J connectivity index is 2.75. The van der Waals surface area contributed by atoms with Crippen molar-refractivity contribution in [2.24, 2.45) is 0 Å². The highest BCUT2D eigenvalue weighted by atomic mass is 16.5.